The van der Waals surface area contributed by atoms with Crippen LogP contribution in [0.2, 0.25) is 0 Å². The molecule has 2 rings (SSSR count). The van der Waals surface area contributed by atoms with Gasteiger partial charge in [-0.05, 0) is 12.1 Å². The third-order valence-corrected chi connectivity index (χ3v) is 3.26. The molecule has 1 aromatic rings. The van der Waals surface area contributed by atoms with E-state index in [1.54, 1.807) is 12.1 Å². The molecule has 0 aromatic heterocycles. The summed E-state index contributed by atoms with van der Waals surface area (Å²) in [4.78, 5) is 10.5. The van der Waals surface area contributed by atoms with Crippen LogP contribution >= 0.6 is 15.9 Å². The fourth-order valence-electron chi connectivity index (χ4n) is 1.67. The number of nitrogens with one attached hydrogen (secondary N) is 1. The lowest BCUT2D eigenvalue weighted by Crippen LogP contribution is -2.45. The van der Waals surface area contributed by atoms with Crippen LogP contribution in [-0.2, 0) is 4.74 Å². The minimum atomic E-state index is -0.382. The lowest BCUT2D eigenvalue weighted by Gasteiger charge is -2.38. The van der Waals surface area contributed by atoms with Crippen LogP contribution in [0.1, 0.15) is 6.92 Å². The number of anilines is 1. The Morgan fingerprint density at radius 1 is 1.59 bits per heavy atom. The van der Waals surface area contributed by atoms with Gasteiger partial charge in [-0.3, -0.25) is 10.1 Å². The van der Waals surface area contributed by atoms with Gasteiger partial charge < -0.3 is 10.1 Å². The Morgan fingerprint density at radius 2 is 2.29 bits per heavy atom. The molecule has 1 fully saturated rings. The number of nitro groups is 1. The van der Waals surface area contributed by atoms with Crippen molar-refractivity contribution in [2.45, 2.75) is 6.92 Å². The molecule has 0 spiro atoms. The van der Waals surface area contributed by atoms with Gasteiger partial charge in [0.1, 0.15) is 5.69 Å². The van der Waals surface area contributed by atoms with Gasteiger partial charge in [0.15, 0.2) is 0 Å². The Labute approximate surface area is 107 Å². The average Bonchev–Trinajstić information content (AvgIpc) is 2.24. The van der Waals surface area contributed by atoms with Gasteiger partial charge in [0.25, 0.3) is 5.69 Å². The number of benzene rings is 1. The van der Waals surface area contributed by atoms with Gasteiger partial charge in [-0.15, -0.1) is 0 Å². The standard InChI is InChI=1S/C11H13BrN2O3/c1-11(6-17-7-11)5-13-9-3-2-8(12)4-10(9)14(15)16/h2-4,13H,5-7H2,1H3. The van der Waals surface area contributed by atoms with Crippen LogP contribution in [0.4, 0.5) is 11.4 Å². The van der Waals surface area contributed by atoms with Crippen molar-refractivity contribution in [2.75, 3.05) is 25.1 Å². The maximum atomic E-state index is 10.9. The first-order chi connectivity index (χ1) is 8.00. The molecule has 0 unspecified atom stereocenters. The molecule has 0 saturated carbocycles. The lowest BCUT2D eigenvalue weighted by molar-refractivity contribution is -0.384. The van der Waals surface area contributed by atoms with E-state index in [0.29, 0.717) is 29.9 Å². The summed E-state index contributed by atoms with van der Waals surface area (Å²) in [6.07, 6.45) is 0. The highest BCUT2D eigenvalue weighted by Gasteiger charge is 2.33. The van der Waals surface area contributed by atoms with Crippen LogP contribution in [0, 0.1) is 15.5 Å². The maximum absolute atomic E-state index is 10.9. The minimum absolute atomic E-state index is 0.0843. The van der Waals surface area contributed by atoms with Crippen molar-refractivity contribution in [3.8, 4) is 0 Å². The van der Waals surface area contributed by atoms with Crippen molar-refractivity contribution in [3.63, 3.8) is 0 Å². The third-order valence-electron chi connectivity index (χ3n) is 2.76. The van der Waals surface area contributed by atoms with Gasteiger partial charge in [-0.1, -0.05) is 22.9 Å². The van der Waals surface area contributed by atoms with E-state index in [1.165, 1.54) is 6.07 Å². The van der Waals surface area contributed by atoms with Gasteiger partial charge in [0, 0.05) is 22.5 Å². The molecule has 0 aliphatic carbocycles. The van der Waals surface area contributed by atoms with Gasteiger partial charge in [0.05, 0.1) is 18.1 Å². The van der Waals surface area contributed by atoms with Crippen molar-refractivity contribution in [1.29, 1.82) is 0 Å². The third kappa shape index (κ3) is 2.76. The first-order valence-corrected chi connectivity index (χ1v) is 6.05. The Kier molecular flexibility index (Phi) is 3.35. The summed E-state index contributed by atoms with van der Waals surface area (Å²) in [5.41, 5.74) is 0.718. The summed E-state index contributed by atoms with van der Waals surface area (Å²) in [6, 6.07) is 5.00. The van der Waals surface area contributed by atoms with Crippen LogP contribution in [0.3, 0.4) is 0 Å². The summed E-state index contributed by atoms with van der Waals surface area (Å²) in [6.45, 7) is 4.16. The fourth-order valence-corrected chi connectivity index (χ4v) is 2.02. The summed E-state index contributed by atoms with van der Waals surface area (Å²) in [5, 5.41) is 14.0. The Bertz CT molecular complexity index is 446. The molecule has 6 heteroatoms. The Hall–Kier alpha value is -1.14. The predicted molar refractivity (Wildman–Crippen MR) is 68.2 cm³/mol. The van der Waals surface area contributed by atoms with Gasteiger partial charge in [-0.2, -0.15) is 0 Å². The van der Waals surface area contributed by atoms with Crippen molar-refractivity contribution >= 4 is 27.3 Å². The normalized spacial score (nSPS) is 17.3. The molecule has 1 aliphatic rings. The zero-order valence-electron chi connectivity index (χ0n) is 9.40. The summed E-state index contributed by atoms with van der Waals surface area (Å²) >= 11 is 3.23. The molecule has 1 aromatic carbocycles. The molecule has 0 bridgehead atoms. The van der Waals surface area contributed by atoms with E-state index in [-0.39, 0.29) is 16.0 Å². The Balaban J connectivity index is 2.12. The van der Waals surface area contributed by atoms with Crippen LogP contribution in [0.5, 0.6) is 0 Å². The number of halogens is 1. The molecule has 92 valence electrons. The molecular formula is C11H13BrN2O3. The molecule has 5 nitrogen and oxygen atoms in total. The molecule has 0 radical (unpaired) electrons. The molecule has 0 atom stereocenters. The highest BCUT2D eigenvalue weighted by atomic mass is 79.9. The zero-order valence-corrected chi connectivity index (χ0v) is 11.0. The van der Waals surface area contributed by atoms with E-state index in [4.69, 9.17) is 4.74 Å². The number of hydrogen-bond acceptors (Lipinski definition) is 4. The predicted octanol–water partition coefficient (Wildman–Crippen LogP) is 2.81. The number of ether oxygens (including phenoxy) is 1. The van der Waals surface area contributed by atoms with Gasteiger partial charge >= 0.3 is 0 Å². The maximum Gasteiger partial charge on any atom is 0.293 e. The molecule has 1 N–H and O–H groups in total. The number of rotatable bonds is 4. The van der Waals surface area contributed by atoms with E-state index in [1.807, 2.05) is 0 Å². The van der Waals surface area contributed by atoms with Crippen LogP contribution in [0.25, 0.3) is 0 Å². The summed E-state index contributed by atoms with van der Waals surface area (Å²) in [5.74, 6) is 0. The number of nitro benzene ring substituents is 1. The zero-order chi connectivity index (χ0) is 12.5. The molecular weight excluding hydrogens is 288 g/mol. The second kappa shape index (κ2) is 4.62. The first kappa shape index (κ1) is 12.3. The van der Waals surface area contributed by atoms with Crippen LogP contribution in [-0.4, -0.2) is 24.7 Å². The quantitative estimate of drug-likeness (QED) is 0.686. The second-order valence-electron chi connectivity index (χ2n) is 4.58. The smallest absolute Gasteiger partial charge is 0.293 e. The highest BCUT2D eigenvalue weighted by molar-refractivity contribution is 9.10. The van der Waals surface area contributed by atoms with Crippen LogP contribution < -0.4 is 5.32 Å². The first-order valence-electron chi connectivity index (χ1n) is 5.26. The van der Waals surface area contributed by atoms with E-state index in [2.05, 4.69) is 28.2 Å². The van der Waals surface area contributed by atoms with Crippen molar-refractivity contribution in [1.82, 2.24) is 0 Å². The lowest BCUT2D eigenvalue weighted by atomic mass is 9.88. The summed E-state index contributed by atoms with van der Waals surface area (Å²) < 4.78 is 5.84. The Morgan fingerprint density at radius 3 is 2.82 bits per heavy atom. The monoisotopic (exact) mass is 300 g/mol. The SMILES string of the molecule is CC1(CNc2ccc(Br)cc2[N+](=O)[O-])COC1. The van der Waals surface area contributed by atoms with Crippen LogP contribution in [0.15, 0.2) is 22.7 Å². The molecule has 0 amide bonds. The van der Waals surface area contributed by atoms with Crippen molar-refractivity contribution in [2.24, 2.45) is 5.41 Å². The molecule has 17 heavy (non-hydrogen) atoms. The van der Waals surface area contributed by atoms with Gasteiger partial charge in [-0.25, -0.2) is 0 Å². The largest absolute Gasteiger partial charge is 0.380 e. The van der Waals surface area contributed by atoms with E-state index in [0.717, 1.165) is 0 Å². The molecule has 1 aliphatic heterocycles. The summed E-state index contributed by atoms with van der Waals surface area (Å²) in [7, 11) is 0. The van der Waals surface area contributed by atoms with Gasteiger partial charge in [0.2, 0.25) is 0 Å². The molecule has 1 saturated heterocycles. The van der Waals surface area contributed by atoms with Crippen molar-refractivity contribution < 1.29 is 9.66 Å². The fraction of sp³-hybridized carbons (Fsp3) is 0.455. The average molecular weight is 301 g/mol. The van der Waals surface area contributed by atoms with E-state index < -0.39 is 0 Å². The number of nitrogens with zero attached hydrogens (tertiary/aromatic N) is 1. The highest BCUT2D eigenvalue weighted by Crippen LogP contribution is 2.31. The number of hydrogen-bond donors (Lipinski definition) is 1. The topological polar surface area (TPSA) is 64.4 Å². The molecule has 1 heterocycles. The van der Waals surface area contributed by atoms with Crippen molar-refractivity contribution in [3.05, 3.63) is 32.8 Å². The van der Waals surface area contributed by atoms with E-state index >= 15 is 0 Å². The second-order valence-corrected chi connectivity index (χ2v) is 5.49. The minimum Gasteiger partial charge on any atom is -0.380 e. The van der Waals surface area contributed by atoms with E-state index in [9.17, 15) is 10.1 Å².